The van der Waals surface area contributed by atoms with Gasteiger partial charge in [-0.15, -0.1) is 5.10 Å². The van der Waals surface area contributed by atoms with E-state index in [-0.39, 0.29) is 23.8 Å². The molecule has 3 N–H and O–H groups in total. The van der Waals surface area contributed by atoms with Gasteiger partial charge in [0.2, 0.25) is 11.8 Å². The Morgan fingerprint density at radius 1 is 1.14 bits per heavy atom. The van der Waals surface area contributed by atoms with Crippen LogP contribution in [0.5, 0.6) is 11.6 Å². The average Bonchev–Trinajstić information content (AvgIpc) is 3.27. The normalized spacial score (nSPS) is 14.1. The standard InChI is InChI=1S/C26H28N6O3/c1-34-25-21(13-19(16-29-25)17-11-12-32-23(14-17)30-26(27)31-32)24(33)28-15-18-7-5-6-10-22(18)35-20-8-3-2-4-9-20/h5-7,10-14,16,20H,2-4,8-9,15H2,1H3,(H2,27,31)(H,28,33). The van der Waals surface area contributed by atoms with Crippen molar-refractivity contribution in [3.8, 4) is 22.8 Å². The minimum absolute atomic E-state index is 0.197. The summed E-state index contributed by atoms with van der Waals surface area (Å²) in [4.78, 5) is 21.7. The first-order valence-corrected chi connectivity index (χ1v) is 11.8. The smallest absolute Gasteiger partial charge is 0.257 e. The summed E-state index contributed by atoms with van der Waals surface area (Å²) >= 11 is 0. The molecule has 0 aliphatic heterocycles. The number of aromatic nitrogens is 4. The number of anilines is 1. The van der Waals surface area contributed by atoms with Crippen LogP contribution in [0, 0.1) is 0 Å². The van der Waals surface area contributed by atoms with E-state index < -0.39 is 0 Å². The molecule has 1 aliphatic carbocycles. The molecule has 3 heterocycles. The van der Waals surface area contributed by atoms with Crippen LogP contribution >= 0.6 is 0 Å². The largest absolute Gasteiger partial charge is 0.490 e. The number of nitrogens with zero attached hydrogens (tertiary/aromatic N) is 4. The van der Waals surface area contributed by atoms with Crippen molar-refractivity contribution in [2.45, 2.75) is 44.8 Å². The summed E-state index contributed by atoms with van der Waals surface area (Å²) in [6.07, 6.45) is 9.48. The van der Waals surface area contributed by atoms with Crippen LogP contribution in [0.4, 0.5) is 5.95 Å². The molecular weight excluding hydrogens is 444 g/mol. The molecule has 1 saturated carbocycles. The molecule has 0 bridgehead atoms. The molecule has 0 saturated heterocycles. The van der Waals surface area contributed by atoms with E-state index in [0.29, 0.717) is 17.8 Å². The molecular formula is C26H28N6O3. The van der Waals surface area contributed by atoms with Crippen molar-refractivity contribution in [3.05, 3.63) is 66.0 Å². The summed E-state index contributed by atoms with van der Waals surface area (Å²) in [5, 5.41) is 7.09. The maximum absolute atomic E-state index is 13.2. The lowest BCUT2D eigenvalue weighted by molar-refractivity contribution is 0.0946. The number of carbonyl (C=O) groups is 1. The van der Waals surface area contributed by atoms with Crippen molar-refractivity contribution in [3.63, 3.8) is 0 Å². The molecule has 5 rings (SSSR count). The number of para-hydroxylation sites is 1. The van der Waals surface area contributed by atoms with Gasteiger partial charge in [0.15, 0.2) is 5.65 Å². The highest BCUT2D eigenvalue weighted by Crippen LogP contribution is 2.27. The van der Waals surface area contributed by atoms with Gasteiger partial charge in [0, 0.05) is 30.1 Å². The van der Waals surface area contributed by atoms with Gasteiger partial charge in [-0.25, -0.2) is 9.50 Å². The highest BCUT2D eigenvalue weighted by atomic mass is 16.5. The summed E-state index contributed by atoms with van der Waals surface area (Å²) in [6, 6.07) is 13.3. The predicted octanol–water partition coefficient (Wildman–Crippen LogP) is 4.02. The summed E-state index contributed by atoms with van der Waals surface area (Å²) in [5.74, 6) is 0.990. The molecule has 0 radical (unpaired) electrons. The van der Waals surface area contributed by atoms with Crippen LogP contribution < -0.4 is 20.5 Å². The van der Waals surface area contributed by atoms with Gasteiger partial charge < -0.3 is 20.5 Å². The Morgan fingerprint density at radius 2 is 1.97 bits per heavy atom. The van der Waals surface area contributed by atoms with Crippen molar-refractivity contribution in [1.82, 2.24) is 24.9 Å². The Morgan fingerprint density at radius 3 is 2.80 bits per heavy atom. The van der Waals surface area contributed by atoms with Gasteiger partial charge in [-0.1, -0.05) is 24.6 Å². The van der Waals surface area contributed by atoms with Crippen LogP contribution in [0.25, 0.3) is 16.8 Å². The molecule has 9 nitrogen and oxygen atoms in total. The third-order valence-electron chi connectivity index (χ3n) is 6.23. The molecule has 1 fully saturated rings. The average molecular weight is 473 g/mol. The molecule has 1 aromatic carbocycles. The lowest BCUT2D eigenvalue weighted by Gasteiger charge is -2.24. The fourth-order valence-corrected chi connectivity index (χ4v) is 4.41. The van der Waals surface area contributed by atoms with Crippen molar-refractivity contribution in [2.75, 3.05) is 12.8 Å². The zero-order valence-electron chi connectivity index (χ0n) is 19.6. The zero-order chi connectivity index (χ0) is 24.2. The number of carbonyl (C=O) groups excluding carboxylic acids is 1. The molecule has 0 unspecified atom stereocenters. The van der Waals surface area contributed by atoms with Gasteiger partial charge in [0.05, 0.1) is 13.2 Å². The number of pyridine rings is 2. The maximum Gasteiger partial charge on any atom is 0.257 e. The SMILES string of the molecule is COc1ncc(-c2ccn3nc(N)nc3c2)cc1C(=O)NCc1ccccc1OC1CCCCC1. The number of nitrogens with one attached hydrogen (secondary N) is 1. The second-order valence-electron chi connectivity index (χ2n) is 8.64. The van der Waals surface area contributed by atoms with Gasteiger partial charge in [0.1, 0.15) is 11.3 Å². The third-order valence-corrected chi connectivity index (χ3v) is 6.23. The van der Waals surface area contributed by atoms with Gasteiger partial charge in [0.25, 0.3) is 5.91 Å². The van der Waals surface area contributed by atoms with E-state index in [1.165, 1.54) is 26.4 Å². The molecule has 1 aliphatic rings. The van der Waals surface area contributed by atoms with Gasteiger partial charge >= 0.3 is 0 Å². The van der Waals surface area contributed by atoms with Crippen molar-refractivity contribution < 1.29 is 14.3 Å². The Balaban J connectivity index is 1.34. The van der Waals surface area contributed by atoms with Gasteiger partial charge in [-0.05, 0) is 55.5 Å². The lowest BCUT2D eigenvalue weighted by Crippen LogP contribution is -2.25. The quantitative estimate of drug-likeness (QED) is 0.417. The first-order valence-electron chi connectivity index (χ1n) is 11.8. The predicted molar refractivity (Wildman–Crippen MR) is 132 cm³/mol. The zero-order valence-corrected chi connectivity index (χ0v) is 19.6. The minimum Gasteiger partial charge on any atom is -0.490 e. The van der Waals surface area contributed by atoms with Gasteiger partial charge in [-0.2, -0.15) is 4.98 Å². The summed E-state index contributed by atoms with van der Waals surface area (Å²) in [7, 11) is 1.50. The number of nitrogens with two attached hydrogens (primary N) is 1. The number of nitrogen functional groups attached to an aromatic ring is 1. The lowest BCUT2D eigenvalue weighted by atomic mass is 9.97. The summed E-state index contributed by atoms with van der Waals surface area (Å²) in [5.41, 5.74) is 9.16. The highest BCUT2D eigenvalue weighted by Gasteiger charge is 2.19. The Labute approximate surface area is 203 Å². The molecule has 1 amide bonds. The topological polar surface area (TPSA) is 117 Å². The number of fused-ring (bicyclic) bond motifs is 1. The molecule has 0 spiro atoms. The van der Waals surface area contributed by atoms with Crippen LogP contribution in [0.2, 0.25) is 0 Å². The monoisotopic (exact) mass is 472 g/mol. The Bertz CT molecular complexity index is 1350. The van der Waals surface area contributed by atoms with E-state index in [4.69, 9.17) is 15.2 Å². The number of ether oxygens (including phenoxy) is 2. The number of rotatable bonds is 7. The summed E-state index contributed by atoms with van der Waals surface area (Å²) in [6.45, 7) is 0.333. The molecule has 35 heavy (non-hydrogen) atoms. The van der Waals surface area contributed by atoms with E-state index >= 15 is 0 Å². The van der Waals surface area contributed by atoms with Crippen LogP contribution in [0.15, 0.2) is 54.9 Å². The minimum atomic E-state index is -0.281. The molecule has 3 aromatic heterocycles. The first kappa shape index (κ1) is 22.6. The second-order valence-corrected chi connectivity index (χ2v) is 8.64. The Hall–Kier alpha value is -4.14. The second kappa shape index (κ2) is 10.0. The fourth-order valence-electron chi connectivity index (χ4n) is 4.41. The molecule has 9 heteroatoms. The van der Waals surface area contributed by atoms with E-state index in [9.17, 15) is 4.79 Å². The molecule has 180 valence electrons. The maximum atomic E-state index is 13.2. The van der Waals surface area contributed by atoms with Gasteiger partial charge in [-0.3, -0.25) is 4.79 Å². The number of hydrogen-bond acceptors (Lipinski definition) is 7. The van der Waals surface area contributed by atoms with E-state index in [1.54, 1.807) is 23.0 Å². The first-order chi connectivity index (χ1) is 17.1. The van der Waals surface area contributed by atoms with Crippen LogP contribution in [0.1, 0.15) is 48.0 Å². The van der Waals surface area contributed by atoms with E-state index in [2.05, 4.69) is 20.4 Å². The highest BCUT2D eigenvalue weighted by molar-refractivity contribution is 5.97. The van der Waals surface area contributed by atoms with E-state index in [0.717, 1.165) is 35.3 Å². The van der Waals surface area contributed by atoms with E-state index in [1.807, 2.05) is 36.4 Å². The number of benzene rings is 1. The van der Waals surface area contributed by atoms with Crippen molar-refractivity contribution >= 4 is 17.5 Å². The van der Waals surface area contributed by atoms with Crippen LogP contribution in [-0.2, 0) is 6.54 Å². The number of amides is 1. The summed E-state index contributed by atoms with van der Waals surface area (Å²) < 4.78 is 13.2. The van der Waals surface area contributed by atoms with Crippen molar-refractivity contribution in [2.24, 2.45) is 0 Å². The Kier molecular flexibility index (Phi) is 6.47. The van der Waals surface area contributed by atoms with Crippen LogP contribution in [-0.4, -0.2) is 38.7 Å². The molecule has 4 aromatic rings. The number of hydrogen-bond donors (Lipinski definition) is 2. The fraction of sp³-hybridized carbons (Fsp3) is 0.308. The van der Waals surface area contributed by atoms with Crippen molar-refractivity contribution in [1.29, 1.82) is 0 Å². The third kappa shape index (κ3) is 5.03. The van der Waals surface area contributed by atoms with Crippen LogP contribution in [0.3, 0.4) is 0 Å². The molecule has 0 atom stereocenters. The number of methoxy groups -OCH3 is 1.